The maximum atomic E-state index is 12.6. The first kappa shape index (κ1) is 18.5. The Bertz CT molecular complexity index is 832. The fourth-order valence-corrected chi connectivity index (χ4v) is 6.39. The van der Waals surface area contributed by atoms with E-state index in [1.807, 2.05) is 6.07 Å². The minimum Gasteiger partial charge on any atom is -0.378 e. The van der Waals surface area contributed by atoms with Crippen LogP contribution in [0.3, 0.4) is 0 Å². The number of anilines is 1. The first-order chi connectivity index (χ1) is 13.7. The summed E-state index contributed by atoms with van der Waals surface area (Å²) in [6.07, 6.45) is 3.50. The Labute approximate surface area is 173 Å². The molecule has 3 aliphatic rings. The first-order valence-corrected chi connectivity index (χ1v) is 11.7. The van der Waals surface area contributed by atoms with Crippen LogP contribution in [0.2, 0.25) is 0 Å². The summed E-state index contributed by atoms with van der Waals surface area (Å²) in [6, 6.07) is 14.0. The molecular weight excluding hydrogens is 390 g/mol. The number of fused-ring (bicyclic) bond motifs is 2. The van der Waals surface area contributed by atoms with Gasteiger partial charge in [-0.2, -0.15) is 0 Å². The first-order valence-electron chi connectivity index (χ1n) is 10.0. The van der Waals surface area contributed by atoms with E-state index in [1.165, 1.54) is 23.4 Å². The summed E-state index contributed by atoms with van der Waals surface area (Å²) < 4.78 is 6.57. The Kier molecular flexibility index (Phi) is 5.32. The smallest absolute Gasteiger partial charge is 0.261 e. The Morgan fingerprint density at radius 2 is 1.96 bits per heavy atom. The third-order valence-electron chi connectivity index (χ3n) is 5.85. The van der Waals surface area contributed by atoms with E-state index in [1.54, 1.807) is 23.1 Å². The molecule has 4 heterocycles. The number of nitrogens with one attached hydrogen (secondary N) is 2. The molecule has 0 aliphatic carbocycles. The van der Waals surface area contributed by atoms with Crippen LogP contribution < -0.4 is 15.5 Å². The average Bonchev–Trinajstić information content (AvgIpc) is 3.46. The van der Waals surface area contributed by atoms with Gasteiger partial charge in [0.1, 0.15) is 0 Å². The summed E-state index contributed by atoms with van der Waals surface area (Å²) in [6.45, 7) is 3.51. The van der Waals surface area contributed by atoms with Crippen LogP contribution in [0.5, 0.6) is 0 Å². The predicted molar refractivity (Wildman–Crippen MR) is 114 cm³/mol. The topological polar surface area (TPSA) is 53.6 Å². The molecule has 148 valence electrons. The molecule has 0 saturated carbocycles. The number of thiophene rings is 1. The highest BCUT2D eigenvalue weighted by molar-refractivity contribution is 8.01. The van der Waals surface area contributed by atoms with Gasteiger partial charge in [-0.25, -0.2) is 0 Å². The normalized spacial score (nSPS) is 26.6. The molecule has 1 aromatic heterocycles. The number of carbonyl (C=O) groups excluding carboxylic acids is 1. The van der Waals surface area contributed by atoms with E-state index in [0.29, 0.717) is 12.1 Å². The molecule has 1 amide bonds. The van der Waals surface area contributed by atoms with E-state index in [-0.39, 0.29) is 11.9 Å². The van der Waals surface area contributed by atoms with Crippen LogP contribution in [0.4, 0.5) is 5.69 Å². The molecule has 2 N–H and O–H groups in total. The second kappa shape index (κ2) is 8.06. The van der Waals surface area contributed by atoms with Crippen LogP contribution in [-0.4, -0.2) is 50.3 Å². The van der Waals surface area contributed by atoms with E-state index in [4.69, 9.17) is 4.74 Å². The second-order valence-corrected chi connectivity index (χ2v) is 10.1. The summed E-state index contributed by atoms with van der Waals surface area (Å²) in [5.74, 6) is 0.0684. The standard InChI is InChI=1S/C21H25N3O2S2/c25-21(23-18-13-14-1-6-17(18)22-14)19-7-8-20(28-19)27-16-4-2-15(3-5-16)24-9-11-26-12-10-24/h2-5,7-8,14,17-18,22H,1,6,9-13H2,(H,23,25). The van der Waals surface area contributed by atoms with Crippen molar-refractivity contribution in [2.75, 3.05) is 31.2 Å². The molecule has 3 saturated heterocycles. The van der Waals surface area contributed by atoms with Crippen molar-refractivity contribution >= 4 is 34.7 Å². The SMILES string of the molecule is O=C(NC1CC2CCC1N2)c1ccc(Sc2ccc(N3CCOCC3)cc2)s1. The molecule has 28 heavy (non-hydrogen) atoms. The van der Waals surface area contributed by atoms with Gasteiger partial charge < -0.3 is 20.3 Å². The molecule has 0 radical (unpaired) electrons. The number of nitrogens with zero attached hydrogens (tertiary/aromatic N) is 1. The highest BCUT2D eigenvalue weighted by atomic mass is 32.2. The molecular formula is C21H25N3O2S2. The van der Waals surface area contributed by atoms with Crippen molar-refractivity contribution < 1.29 is 9.53 Å². The number of rotatable bonds is 5. The van der Waals surface area contributed by atoms with Crippen LogP contribution in [-0.2, 0) is 4.74 Å². The number of amides is 1. The number of benzene rings is 1. The molecule has 5 rings (SSSR count). The number of carbonyl (C=O) groups is 1. The highest BCUT2D eigenvalue weighted by Gasteiger charge is 2.39. The summed E-state index contributed by atoms with van der Waals surface area (Å²) >= 11 is 3.29. The van der Waals surface area contributed by atoms with Crippen molar-refractivity contribution in [1.29, 1.82) is 0 Å². The van der Waals surface area contributed by atoms with Crippen LogP contribution in [0.25, 0.3) is 0 Å². The van der Waals surface area contributed by atoms with Crippen molar-refractivity contribution in [2.45, 2.75) is 46.5 Å². The molecule has 2 bridgehead atoms. The minimum atomic E-state index is 0.0684. The lowest BCUT2D eigenvalue weighted by Gasteiger charge is -2.28. The lowest BCUT2D eigenvalue weighted by atomic mass is 9.95. The summed E-state index contributed by atoms with van der Waals surface area (Å²) in [5.41, 5.74) is 1.25. The molecule has 2 aromatic rings. The van der Waals surface area contributed by atoms with Crippen LogP contribution in [0, 0.1) is 0 Å². The van der Waals surface area contributed by atoms with E-state index < -0.39 is 0 Å². The van der Waals surface area contributed by atoms with Gasteiger partial charge in [0.15, 0.2) is 0 Å². The zero-order valence-electron chi connectivity index (χ0n) is 15.7. The molecule has 1 aromatic carbocycles. The summed E-state index contributed by atoms with van der Waals surface area (Å²) in [5, 5.41) is 6.81. The summed E-state index contributed by atoms with van der Waals surface area (Å²) in [7, 11) is 0. The van der Waals surface area contributed by atoms with Crippen LogP contribution >= 0.6 is 23.1 Å². The largest absolute Gasteiger partial charge is 0.378 e. The fourth-order valence-electron chi connectivity index (χ4n) is 4.38. The maximum Gasteiger partial charge on any atom is 0.261 e. The monoisotopic (exact) mass is 415 g/mol. The van der Waals surface area contributed by atoms with E-state index in [2.05, 4.69) is 45.9 Å². The number of hydrogen-bond acceptors (Lipinski definition) is 6. The second-order valence-electron chi connectivity index (χ2n) is 7.68. The average molecular weight is 416 g/mol. The zero-order chi connectivity index (χ0) is 18.9. The van der Waals surface area contributed by atoms with Crippen molar-refractivity contribution in [3.8, 4) is 0 Å². The van der Waals surface area contributed by atoms with Crippen molar-refractivity contribution in [1.82, 2.24) is 10.6 Å². The van der Waals surface area contributed by atoms with Gasteiger partial charge in [-0.05, 0) is 55.7 Å². The van der Waals surface area contributed by atoms with Gasteiger partial charge in [-0.3, -0.25) is 4.79 Å². The Morgan fingerprint density at radius 3 is 2.68 bits per heavy atom. The molecule has 0 spiro atoms. The van der Waals surface area contributed by atoms with Crippen LogP contribution in [0.15, 0.2) is 45.5 Å². The summed E-state index contributed by atoms with van der Waals surface area (Å²) in [4.78, 5) is 17.0. The van der Waals surface area contributed by atoms with Gasteiger partial charge >= 0.3 is 0 Å². The van der Waals surface area contributed by atoms with Gasteiger partial charge in [0.05, 0.1) is 22.3 Å². The van der Waals surface area contributed by atoms with E-state index in [9.17, 15) is 4.79 Å². The van der Waals surface area contributed by atoms with Gasteiger partial charge in [0.2, 0.25) is 0 Å². The third-order valence-corrected chi connectivity index (χ3v) is 8.08. The third kappa shape index (κ3) is 3.94. The highest BCUT2D eigenvalue weighted by Crippen LogP contribution is 2.35. The Balaban J connectivity index is 1.18. The van der Waals surface area contributed by atoms with Crippen molar-refractivity contribution in [2.24, 2.45) is 0 Å². The van der Waals surface area contributed by atoms with Gasteiger partial charge in [-0.15, -0.1) is 11.3 Å². The number of ether oxygens (including phenoxy) is 1. The quantitative estimate of drug-likeness (QED) is 0.784. The van der Waals surface area contributed by atoms with E-state index in [0.717, 1.165) is 41.8 Å². The van der Waals surface area contributed by atoms with E-state index >= 15 is 0 Å². The molecule has 3 aliphatic heterocycles. The molecule has 3 atom stereocenters. The lowest BCUT2D eigenvalue weighted by molar-refractivity contribution is 0.0935. The molecule has 3 fully saturated rings. The lowest BCUT2D eigenvalue weighted by Crippen LogP contribution is -2.42. The maximum absolute atomic E-state index is 12.6. The fraction of sp³-hybridized carbons (Fsp3) is 0.476. The Morgan fingerprint density at radius 1 is 1.14 bits per heavy atom. The molecule has 5 nitrogen and oxygen atoms in total. The molecule has 7 heteroatoms. The van der Waals surface area contributed by atoms with Gasteiger partial charge in [0, 0.05) is 41.8 Å². The molecule has 3 unspecified atom stereocenters. The Hall–Kier alpha value is -1.54. The number of hydrogen-bond donors (Lipinski definition) is 2. The van der Waals surface area contributed by atoms with Crippen LogP contribution in [0.1, 0.15) is 28.9 Å². The van der Waals surface area contributed by atoms with Crippen molar-refractivity contribution in [3.63, 3.8) is 0 Å². The number of morpholine rings is 1. The predicted octanol–water partition coefficient (Wildman–Crippen LogP) is 3.36. The minimum absolute atomic E-state index is 0.0684. The van der Waals surface area contributed by atoms with Gasteiger partial charge in [-0.1, -0.05) is 11.8 Å². The zero-order valence-corrected chi connectivity index (χ0v) is 17.4. The van der Waals surface area contributed by atoms with Gasteiger partial charge in [0.25, 0.3) is 5.91 Å². The van der Waals surface area contributed by atoms with Crippen molar-refractivity contribution in [3.05, 3.63) is 41.3 Å².